The van der Waals surface area contributed by atoms with Gasteiger partial charge in [-0.3, -0.25) is 9.78 Å². The number of pyridine rings is 2. The lowest BCUT2D eigenvalue weighted by molar-refractivity contribution is 0.0533. The van der Waals surface area contributed by atoms with Gasteiger partial charge in [0.15, 0.2) is 0 Å². The van der Waals surface area contributed by atoms with Gasteiger partial charge in [0.05, 0.1) is 44.9 Å². The number of fused-ring (bicyclic) bond motifs is 2. The second-order valence-corrected chi connectivity index (χ2v) is 20.9. The molecule has 2 aromatic carbocycles. The first-order valence-corrected chi connectivity index (χ1v) is 23.4. The third-order valence-corrected chi connectivity index (χ3v) is 13.9. The molecule has 67 heavy (non-hydrogen) atoms. The minimum Gasteiger partial charge on any atom is -0.444 e. The van der Waals surface area contributed by atoms with Crippen LogP contribution in [0.1, 0.15) is 37.9 Å². The normalized spacial score (nSPS) is 12.5. The van der Waals surface area contributed by atoms with E-state index < -0.39 is 43.4 Å². The average molecular weight is 1010 g/mol. The number of benzene rings is 2. The summed E-state index contributed by atoms with van der Waals surface area (Å²) in [5, 5.41) is 2.52. The van der Waals surface area contributed by atoms with E-state index in [4.69, 9.17) is 15.5 Å². The van der Waals surface area contributed by atoms with Crippen LogP contribution < -0.4 is 16.6 Å². The average Bonchev–Trinajstić information content (AvgIpc) is 3.64. The number of amides is 1. The molecule has 4 aromatic heterocycles. The molecule has 0 aliphatic carbocycles. The van der Waals surface area contributed by atoms with Gasteiger partial charge in [0.2, 0.25) is 25.6 Å². The van der Waals surface area contributed by atoms with Gasteiger partial charge in [0, 0.05) is 75.6 Å². The van der Waals surface area contributed by atoms with Crippen LogP contribution in [0.3, 0.4) is 0 Å². The number of nitrogens with one attached hydrogen (secondary N) is 2. The van der Waals surface area contributed by atoms with Crippen molar-refractivity contribution in [1.82, 2.24) is 33.0 Å². The number of sulfonamides is 2. The number of aryl methyl sites for hydroxylation is 1. The van der Waals surface area contributed by atoms with E-state index in [1.54, 1.807) is 79.3 Å². The number of carbonyl (C=O) groups excluding carboxylic acids is 1. The molecule has 6 aromatic rings. The number of aromatic amines is 1. The number of H-pyrrole nitrogens is 1. The minimum atomic E-state index is -3.63. The summed E-state index contributed by atoms with van der Waals surface area (Å²) in [5.74, 6) is -0.837. The minimum absolute atomic E-state index is 0. The van der Waals surface area contributed by atoms with Crippen LogP contribution in [0.4, 0.5) is 13.6 Å². The van der Waals surface area contributed by atoms with Crippen molar-refractivity contribution in [3.05, 3.63) is 124 Å². The molecule has 0 aliphatic rings. The summed E-state index contributed by atoms with van der Waals surface area (Å²) in [6.45, 7) is 10.7. The summed E-state index contributed by atoms with van der Waals surface area (Å²) in [6, 6.07) is 19.9. The SMILES string of the molecule is Cc1c(-c2cccc(S(=O)(=O)N(C)C)c2)c2[nH]c(=O)ccc2n1C/C(F)=C/CN.Cc1ccc2c(n1)c(-c1cccc(S(=O)(=O)N(C)C)c1)c(C)n2C/C(F)=C/CNC(=O)OC(C)(C)C.Cl.Cl. The van der Waals surface area contributed by atoms with Crippen LogP contribution >= 0.6 is 24.8 Å². The predicted octanol–water partition coefficient (Wildman–Crippen LogP) is 8.16. The fraction of sp³-hybridized carbons (Fsp3) is 0.326. The molecule has 1 amide bonds. The Balaban J connectivity index is 0.000000352. The van der Waals surface area contributed by atoms with Crippen LogP contribution in [0.5, 0.6) is 0 Å². The number of aromatic nitrogens is 4. The van der Waals surface area contributed by atoms with Crippen LogP contribution in [-0.4, -0.2) is 97.5 Å². The van der Waals surface area contributed by atoms with E-state index in [1.807, 2.05) is 32.0 Å². The molecule has 364 valence electrons. The standard InChI is InChI=1S/C26H33FN4O4S.C20H23FN4O3S.2ClH/c1-17-11-12-22-24(29-17)23(19-9-8-10-21(15-19)36(33,34)30(6)7)18(2)31(22)16-20(27)13-14-28-25(32)35-26(3,4)5;1-13-19(14-5-4-6-16(11-14)29(27,28)24(2)3)20-17(7-8-18(26)23-20)25(13)12-15(21)9-10-22;;/h8-13,15H,14,16H2,1-7H3,(H,28,32);4-9,11H,10,12,22H2,1-3H3,(H,23,26);2*1H/b20-13-;15-9-;;. The quantitative estimate of drug-likeness (QED) is 0.102. The number of rotatable bonds is 13. The van der Waals surface area contributed by atoms with Crippen LogP contribution in [0.25, 0.3) is 44.3 Å². The molecule has 0 radical (unpaired) electrons. The molecule has 4 heterocycles. The second-order valence-electron chi connectivity index (χ2n) is 16.5. The van der Waals surface area contributed by atoms with Gasteiger partial charge in [-0.1, -0.05) is 24.3 Å². The van der Waals surface area contributed by atoms with E-state index in [1.165, 1.54) is 52.5 Å². The molecule has 0 aliphatic heterocycles. The lowest BCUT2D eigenvalue weighted by Crippen LogP contribution is -2.32. The lowest BCUT2D eigenvalue weighted by atomic mass is 10.1. The van der Waals surface area contributed by atoms with Gasteiger partial charge in [0.1, 0.15) is 17.3 Å². The monoisotopic (exact) mass is 1010 g/mol. The Kier molecular flexibility index (Phi) is 18.9. The number of ether oxygens (including phenoxy) is 1. The molecule has 6 rings (SSSR count). The number of halogens is 4. The first-order valence-electron chi connectivity index (χ1n) is 20.5. The highest BCUT2D eigenvalue weighted by Crippen LogP contribution is 2.37. The zero-order valence-electron chi connectivity index (χ0n) is 39.0. The molecule has 15 nitrogen and oxygen atoms in total. The van der Waals surface area contributed by atoms with Crippen molar-refractivity contribution >= 4 is 73.0 Å². The third kappa shape index (κ3) is 13.0. The van der Waals surface area contributed by atoms with Crippen molar-refractivity contribution in [3.63, 3.8) is 0 Å². The van der Waals surface area contributed by atoms with E-state index >= 15 is 0 Å². The summed E-state index contributed by atoms with van der Waals surface area (Å²) in [5.41, 5.74) is 11.9. The van der Waals surface area contributed by atoms with E-state index in [9.17, 15) is 35.2 Å². The Morgan fingerprint density at radius 1 is 0.776 bits per heavy atom. The molecule has 0 saturated carbocycles. The molecule has 0 unspecified atom stereocenters. The van der Waals surface area contributed by atoms with Crippen LogP contribution in [0, 0.1) is 20.8 Å². The second kappa shape index (κ2) is 22.6. The Hall–Kier alpha value is -5.41. The molecule has 0 fully saturated rings. The van der Waals surface area contributed by atoms with Gasteiger partial charge in [-0.25, -0.2) is 39.0 Å². The van der Waals surface area contributed by atoms with Crippen molar-refractivity contribution in [1.29, 1.82) is 0 Å². The van der Waals surface area contributed by atoms with Crippen molar-refractivity contribution in [3.8, 4) is 22.3 Å². The summed E-state index contributed by atoms with van der Waals surface area (Å²) >= 11 is 0. The van der Waals surface area contributed by atoms with E-state index in [0.717, 1.165) is 31.1 Å². The van der Waals surface area contributed by atoms with Gasteiger partial charge in [-0.15, -0.1) is 24.8 Å². The van der Waals surface area contributed by atoms with E-state index in [2.05, 4.69) is 10.3 Å². The van der Waals surface area contributed by atoms with E-state index in [-0.39, 0.29) is 66.3 Å². The molecular weight excluding hydrogens is 950 g/mol. The smallest absolute Gasteiger partial charge is 0.407 e. The molecule has 0 atom stereocenters. The highest BCUT2D eigenvalue weighted by atomic mass is 35.5. The first kappa shape index (κ1) is 55.9. The zero-order chi connectivity index (χ0) is 48.2. The Labute approximate surface area is 402 Å². The predicted molar refractivity (Wildman–Crippen MR) is 265 cm³/mol. The summed E-state index contributed by atoms with van der Waals surface area (Å²) in [6.07, 6.45) is 1.96. The number of alkyl carbamates (subject to hydrolysis) is 1. The van der Waals surface area contributed by atoms with Gasteiger partial charge in [-0.2, -0.15) is 0 Å². The first-order chi connectivity index (χ1) is 30.4. The Morgan fingerprint density at radius 3 is 1.79 bits per heavy atom. The fourth-order valence-corrected chi connectivity index (χ4v) is 8.98. The van der Waals surface area contributed by atoms with E-state index in [0.29, 0.717) is 38.9 Å². The summed E-state index contributed by atoms with van der Waals surface area (Å²) in [4.78, 5) is 31.6. The topological polar surface area (TPSA) is 195 Å². The fourth-order valence-electron chi connectivity index (χ4n) is 7.09. The molecule has 0 saturated heterocycles. The summed E-state index contributed by atoms with van der Waals surface area (Å²) < 4.78 is 90.6. The summed E-state index contributed by atoms with van der Waals surface area (Å²) in [7, 11) is -1.37. The van der Waals surface area contributed by atoms with Crippen molar-refractivity contribution in [2.45, 2.75) is 70.0 Å². The molecule has 21 heteroatoms. The molecular formula is C46H58Cl2F2N8O7S2. The molecule has 0 bridgehead atoms. The zero-order valence-corrected chi connectivity index (χ0v) is 42.2. The molecule has 4 N–H and O–H groups in total. The van der Waals surface area contributed by atoms with Gasteiger partial charge in [-0.05, 0) is 107 Å². The van der Waals surface area contributed by atoms with Crippen molar-refractivity contribution in [2.24, 2.45) is 5.73 Å². The van der Waals surface area contributed by atoms with Gasteiger partial charge in [0.25, 0.3) is 0 Å². The largest absolute Gasteiger partial charge is 0.444 e. The van der Waals surface area contributed by atoms with Crippen molar-refractivity contribution < 1.29 is 35.1 Å². The highest BCUT2D eigenvalue weighted by Gasteiger charge is 2.24. The number of carbonyl (C=O) groups is 1. The molecule has 0 spiro atoms. The van der Waals surface area contributed by atoms with Gasteiger partial charge < -0.3 is 29.9 Å². The number of allylic oxidation sites excluding steroid dienone is 2. The number of hydrogen-bond acceptors (Lipinski definition) is 9. The maximum atomic E-state index is 14.9. The highest BCUT2D eigenvalue weighted by molar-refractivity contribution is 7.89. The lowest BCUT2D eigenvalue weighted by Gasteiger charge is -2.19. The number of hydrogen-bond donors (Lipinski definition) is 3. The van der Waals surface area contributed by atoms with Crippen LogP contribution in [0.2, 0.25) is 0 Å². The number of nitrogens with zero attached hydrogens (tertiary/aromatic N) is 5. The Bertz CT molecular complexity index is 3100. The van der Waals surface area contributed by atoms with Crippen molar-refractivity contribution in [2.75, 3.05) is 41.3 Å². The maximum Gasteiger partial charge on any atom is 0.407 e. The third-order valence-electron chi connectivity index (χ3n) is 10.2. The number of nitrogens with two attached hydrogens (primary N) is 1. The van der Waals surface area contributed by atoms with Crippen LogP contribution in [-0.2, 0) is 37.9 Å². The Morgan fingerprint density at radius 2 is 1.27 bits per heavy atom. The maximum absolute atomic E-state index is 14.9. The van der Waals surface area contributed by atoms with Crippen LogP contribution in [0.15, 0.2) is 111 Å². The van der Waals surface area contributed by atoms with Gasteiger partial charge >= 0.3 is 6.09 Å².